The molecule has 0 atom stereocenters. The van der Waals surface area contributed by atoms with E-state index in [-0.39, 0.29) is 5.54 Å². The number of aromatic nitrogens is 3. The van der Waals surface area contributed by atoms with E-state index < -0.39 is 0 Å². The highest BCUT2D eigenvalue weighted by Gasteiger charge is 2.16. The van der Waals surface area contributed by atoms with Gasteiger partial charge in [0.2, 0.25) is 5.95 Å². The molecular weight excluding hydrogens is 274 g/mol. The third-order valence-electron chi connectivity index (χ3n) is 3.16. The van der Waals surface area contributed by atoms with Gasteiger partial charge < -0.3 is 5.32 Å². The molecule has 0 unspecified atom stereocenters. The molecule has 0 saturated carbocycles. The Bertz CT molecular complexity index is 850. The summed E-state index contributed by atoms with van der Waals surface area (Å²) in [6.45, 7) is 6.13. The Kier molecular flexibility index (Phi) is 3.30. The van der Waals surface area contributed by atoms with Gasteiger partial charge in [-0.1, -0.05) is 30.3 Å². The van der Waals surface area contributed by atoms with Crippen LogP contribution in [0, 0.1) is 11.3 Å². The molecule has 2 heterocycles. The van der Waals surface area contributed by atoms with E-state index in [1.54, 1.807) is 10.6 Å². The van der Waals surface area contributed by atoms with Crippen LogP contribution in [0.15, 0.2) is 42.5 Å². The van der Waals surface area contributed by atoms with Gasteiger partial charge in [-0.15, -0.1) is 5.10 Å². The van der Waals surface area contributed by atoms with Gasteiger partial charge in [0.25, 0.3) is 0 Å². The molecule has 0 amide bonds. The highest BCUT2D eigenvalue weighted by Crippen LogP contribution is 2.23. The lowest BCUT2D eigenvalue weighted by molar-refractivity contribution is 0.626. The maximum atomic E-state index is 9.29. The summed E-state index contributed by atoms with van der Waals surface area (Å²) in [4.78, 5) is 4.47. The molecule has 2 aromatic heterocycles. The summed E-state index contributed by atoms with van der Waals surface area (Å²) in [6, 6.07) is 15.8. The first-order chi connectivity index (χ1) is 10.5. The molecule has 1 N–H and O–H groups in total. The van der Waals surface area contributed by atoms with Crippen molar-refractivity contribution in [2.24, 2.45) is 0 Å². The van der Waals surface area contributed by atoms with Gasteiger partial charge in [0, 0.05) is 11.1 Å². The first-order valence-electron chi connectivity index (χ1n) is 7.11. The van der Waals surface area contributed by atoms with E-state index in [1.807, 2.05) is 57.2 Å². The molecule has 0 bridgehead atoms. The Hall–Kier alpha value is -2.87. The van der Waals surface area contributed by atoms with Crippen LogP contribution < -0.4 is 5.32 Å². The summed E-state index contributed by atoms with van der Waals surface area (Å²) >= 11 is 0. The van der Waals surface area contributed by atoms with E-state index >= 15 is 0 Å². The fourth-order valence-electron chi connectivity index (χ4n) is 2.26. The minimum atomic E-state index is -0.148. The van der Waals surface area contributed by atoms with Gasteiger partial charge in [-0.05, 0) is 32.9 Å². The van der Waals surface area contributed by atoms with Gasteiger partial charge in [-0.25, -0.2) is 4.52 Å². The molecule has 0 aliphatic rings. The van der Waals surface area contributed by atoms with E-state index in [9.17, 15) is 5.26 Å². The predicted molar refractivity (Wildman–Crippen MR) is 86.5 cm³/mol. The molecule has 3 aromatic rings. The number of rotatable bonds is 2. The molecule has 1 aromatic carbocycles. The molecule has 0 aliphatic carbocycles. The zero-order valence-electron chi connectivity index (χ0n) is 12.8. The topological polar surface area (TPSA) is 66.0 Å². The summed E-state index contributed by atoms with van der Waals surface area (Å²) in [5.74, 6) is 0.521. The summed E-state index contributed by atoms with van der Waals surface area (Å²) in [5, 5.41) is 17.1. The Morgan fingerprint density at radius 1 is 1.09 bits per heavy atom. The van der Waals surface area contributed by atoms with E-state index in [1.165, 1.54) is 0 Å². The summed E-state index contributed by atoms with van der Waals surface area (Å²) in [6.07, 6.45) is 0. The van der Waals surface area contributed by atoms with Gasteiger partial charge in [-0.2, -0.15) is 10.2 Å². The second-order valence-electron chi connectivity index (χ2n) is 6.16. The second kappa shape index (κ2) is 5.15. The molecular formula is C17H17N5. The summed E-state index contributed by atoms with van der Waals surface area (Å²) in [5.41, 5.74) is 2.86. The Morgan fingerprint density at radius 3 is 2.45 bits per heavy atom. The molecule has 5 nitrogen and oxygen atoms in total. The fourth-order valence-corrected chi connectivity index (χ4v) is 2.26. The lowest BCUT2D eigenvalue weighted by Gasteiger charge is -2.18. The highest BCUT2D eigenvalue weighted by atomic mass is 15.4. The van der Waals surface area contributed by atoms with Crippen LogP contribution in [0.5, 0.6) is 0 Å². The number of nitriles is 1. The number of nitrogens with zero attached hydrogens (tertiary/aromatic N) is 4. The fraction of sp³-hybridized carbons (Fsp3) is 0.235. The van der Waals surface area contributed by atoms with Crippen molar-refractivity contribution in [1.29, 1.82) is 5.26 Å². The number of nitrogens with one attached hydrogen (secondary N) is 1. The van der Waals surface area contributed by atoms with Crippen LogP contribution in [-0.4, -0.2) is 20.1 Å². The van der Waals surface area contributed by atoms with E-state index in [0.29, 0.717) is 17.2 Å². The molecule has 0 aliphatic heterocycles. The molecule has 0 radical (unpaired) electrons. The van der Waals surface area contributed by atoms with Crippen LogP contribution in [0.2, 0.25) is 0 Å². The van der Waals surface area contributed by atoms with E-state index in [4.69, 9.17) is 0 Å². The van der Waals surface area contributed by atoms with Crippen LogP contribution in [0.3, 0.4) is 0 Å². The van der Waals surface area contributed by atoms with Gasteiger partial charge in [-0.3, -0.25) is 0 Å². The van der Waals surface area contributed by atoms with Crippen molar-refractivity contribution in [3.05, 3.63) is 48.0 Å². The standard InChI is InChI=1S/C17H17N5/c1-17(2,3)20-16-19-15-13(11-18)9-10-14(22(15)21-16)12-7-5-4-6-8-12/h4-10H,1-3H3,(H,20,21). The molecule has 22 heavy (non-hydrogen) atoms. The highest BCUT2D eigenvalue weighted by molar-refractivity contribution is 5.68. The number of hydrogen-bond acceptors (Lipinski definition) is 4. The zero-order chi connectivity index (χ0) is 15.7. The second-order valence-corrected chi connectivity index (χ2v) is 6.16. The molecule has 0 saturated heterocycles. The third-order valence-corrected chi connectivity index (χ3v) is 3.16. The quantitative estimate of drug-likeness (QED) is 0.785. The Morgan fingerprint density at radius 2 is 1.82 bits per heavy atom. The average Bonchev–Trinajstić information content (AvgIpc) is 2.88. The summed E-state index contributed by atoms with van der Waals surface area (Å²) in [7, 11) is 0. The van der Waals surface area contributed by atoms with Gasteiger partial charge in [0.15, 0.2) is 5.65 Å². The van der Waals surface area contributed by atoms with Crippen molar-refractivity contribution < 1.29 is 0 Å². The molecule has 110 valence electrons. The number of benzene rings is 1. The first kappa shape index (κ1) is 14.1. The van der Waals surface area contributed by atoms with Gasteiger partial charge in [0.1, 0.15) is 6.07 Å². The number of pyridine rings is 1. The van der Waals surface area contributed by atoms with Crippen LogP contribution in [0.25, 0.3) is 16.9 Å². The van der Waals surface area contributed by atoms with Crippen molar-refractivity contribution in [3.8, 4) is 17.3 Å². The lowest BCUT2D eigenvalue weighted by atomic mass is 10.1. The van der Waals surface area contributed by atoms with E-state index in [0.717, 1.165) is 11.3 Å². The molecule has 0 spiro atoms. The van der Waals surface area contributed by atoms with Crippen molar-refractivity contribution in [1.82, 2.24) is 14.6 Å². The van der Waals surface area contributed by atoms with Crippen molar-refractivity contribution in [2.45, 2.75) is 26.3 Å². The Balaban J connectivity index is 2.21. The molecule has 3 rings (SSSR count). The molecule has 5 heteroatoms. The average molecular weight is 291 g/mol. The summed E-state index contributed by atoms with van der Waals surface area (Å²) < 4.78 is 1.72. The van der Waals surface area contributed by atoms with Gasteiger partial charge in [0.05, 0.1) is 11.3 Å². The maximum absolute atomic E-state index is 9.29. The van der Waals surface area contributed by atoms with Crippen LogP contribution >= 0.6 is 0 Å². The normalized spacial score (nSPS) is 11.4. The largest absolute Gasteiger partial charge is 0.348 e. The minimum absolute atomic E-state index is 0.148. The SMILES string of the molecule is CC(C)(C)Nc1nc2c(C#N)ccc(-c3ccccc3)n2n1. The molecule has 0 fully saturated rings. The zero-order valence-corrected chi connectivity index (χ0v) is 12.8. The van der Waals surface area contributed by atoms with Crippen LogP contribution in [0.1, 0.15) is 26.3 Å². The van der Waals surface area contributed by atoms with Crippen molar-refractivity contribution >= 4 is 11.6 Å². The van der Waals surface area contributed by atoms with Gasteiger partial charge >= 0.3 is 0 Å². The van der Waals surface area contributed by atoms with Crippen LogP contribution in [-0.2, 0) is 0 Å². The number of fused-ring (bicyclic) bond motifs is 1. The monoisotopic (exact) mass is 291 g/mol. The first-order valence-corrected chi connectivity index (χ1v) is 7.11. The Labute approximate surface area is 129 Å². The minimum Gasteiger partial charge on any atom is -0.348 e. The third kappa shape index (κ3) is 2.63. The van der Waals surface area contributed by atoms with Crippen molar-refractivity contribution in [2.75, 3.05) is 5.32 Å². The van der Waals surface area contributed by atoms with E-state index in [2.05, 4.69) is 21.5 Å². The number of hydrogen-bond donors (Lipinski definition) is 1. The van der Waals surface area contributed by atoms with Crippen LogP contribution in [0.4, 0.5) is 5.95 Å². The number of anilines is 1. The van der Waals surface area contributed by atoms with Crippen molar-refractivity contribution in [3.63, 3.8) is 0 Å². The lowest BCUT2D eigenvalue weighted by Crippen LogP contribution is -2.26. The maximum Gasteiger partial charge on any atom is 0.243 e. The smallest absolute Gasteiger partial charge is 0.243 e. The predicted octanol–water partition coefficient (Wildman–Crippen LogP) is 3.48.